The van der Waals surface area contributed by atoms with Crippen molar-refractivity contribution in [2.45, 2.75) is 23.5 Å². The summed E-state index contributed by atoms with van der Waals surface area (Å²) in [5.41, 5.74) is 5.27. The summed E-state index contributed by atoms with van der Waals surface area (Å²) in [5.74, 6) is -1.18. The fraction of sp³-hybridized carbons (Fsp3) is 0.364. The standard InChI is InChI=1S/C11H15NO4S/c12-10(11(14)15)6-8(13)7-17(16)9-4-2-1-3-5-9/h1-5,8,10,13H,6-7,12H2,(H,14,15)/t8-,10-,17+/m0/s1. The minimum Gasteiger partial charge on any atom is -0.480 e. The van der Waals surface area contributed by atoms with E-state index in [1.165, 1.54) is 0 Å². The van der Waals surface area contributed by atoms with E-state index in [1.54, 1.807) is 30.3 Å². The van der Waals surface area contributed by atoms with Gasteiger partial charge >= 0.3 is 5.97 Å². The van der Waals surface area contributed by atoms with Gasteiger partial charge in [-0.15, -0.1) is 0 Å². The van der Waals surface area contributed by atoms with Gasteiger partial charge in [-0.1, -0.05) is 18.2 Å². The SMILES string of the molecule is N[C@@H](C[C@H](O)C[S@@](=O)c1ccccc1)C(=O)O. The van der Waals surface area contributed by atoms with Gasteiger partial charge < -0.3 is 15.9 Å². The Morgan fingerprint density at radius 1 is 1.35 bits per heavy atom. The lowest BCUT2D eigenvalue weighted by Gasteiger charge is -2.12. The van der Waals surface area contributed by atoms with Gasteiger partial charge in [-0.25, -0.2) is 0 Å². The molecule has 0 saturated heterocycles. The molecule has 0 amide bonds. The molecule has 0 aliphatic heterocycles. The number of nitrogens with two attached hydrogens (primary N) is 1. The molecule has 1 aromatic rings. The van der Waals surface area contributed by atoms with E-state index in [0.717, 1.165) is 0 Å². The van der Waals surface area contributed by atoms with E-state index in [1.807, 2.05) is 0 Å². The molecule has 0 spiro atoms. The second-order valence-electron chi connectivity index (χ2n) is 3.66. The van der Waals surface area contributed by atoms with E-state index in [2.05, 4.69) is 0 Å². The fourth-order valence-corrected chi connectivity index (χ4v) is 2.44. The van der Waals surface area contributed by atoms with Crippen LogP contribution in [0.5, 0.6) is 0 Å². The van der Waals surface area contributed by atoms with Gasteiger partial charge in [0.05, 0.1) is 22.7 Å². The number of hydrogen-bond acceptors (Lipinski definition) is 4. The van der Waals surface area contributed by atoms with Gasteiger partial charge in [-0.05, 0) is 12.1 Å². The Labute approximate surface area is 102 Å². The average Bonchev–Trinajstić information content (AvgIpc) is 2.29. The quantitative estimate of drug-likeness (QED) is 0.663. The zero-order chi connectivity index (χ0) is 12.8. The molecule has 0 saturated carbocycles. The predicted octanol–water partition coefficient (Wildman–Crippen LogP) is -0.0429. The third-order valence-electron chi connectivity index (χ3n) is 2.19. The smallest absolute Gasteiger partial charge is 0.320 e. The maximum atomic E-state index is 11.8. The molecule has 0 heterocycles. The molecule has 6 heteroatoms. The molecule has 4 N–H and O–H groups in total. The molecule has 3 atom stereocenters. The first kappa shape index (κ1) is 13.8. The second kappa shape index (κ2) is 6.48. The van der Waals surface area contributed by atoms with Crippen LogP contribution in [0.3, 0.4) is 0 Å². The van der Waals surface area contributed by atoms with Crippen molar-refractivity contribution in [3.63, 3.8) is 0 Å². The molecule has 1 rings (SSSR count). The van der Waals surface area contributed by atoms with Crippen LogP contribution in [0.15, 0.2) is 35.2 Å². The Morgan fingerprint density at radius 2 is 1.94 bits per heavy atom. The molecule has 0 fully saturated rings. The van der Waals surface area contributed by atoms with Crippen molar-refractivity contribution in [1.82, 2.24) is 0 Å². The monoisotopic (exact) mass is 257 g/mol. The normalized spacial score (nSPS) is 16.1. The minimum atomic E-state index is -1.34. The number of benzene rings is 1. The zero-order valence-corrected chi connectivity index (χ0v) is 9.97. The van der Waals surface area contributed by atoms with E-state index in [4.69, 9.17) is 10.8 Å². The summed E-state index contributed by atoms with van der Waals surface area (Å²) in [6.45, 7) is 0. The molecule has 0 aromatic heterocycles. The largest absolute Gasteiger partial charge is 0.480 e. The number of aliphatic carboxylic acids is 1. The van der Waals surface area contributed by atoms with E-state index in [0.29, 0.717) is 4.90 Å². The van der Waals surface area contributed by atoms with Crippen LogP contribution in [0.25, 0.3) is 0 Å². The molecule has 94 valence electrons. The highest BCUT2D eigenvalue weighted by atomic mass is 32.2. The average molecular weight is 257 g/mol. The van der Waals surface area contributed by atoms with Gasteiger partial charge in [0.15, 0.2) is 0 Å². The number of hydrogen-bond donors (Lipinski definition) is 3. The molecule has 1 aromatic carbocycles. The molecular weight excluding hydrogens is 242 g/mol. The highest BCUT2D eigenvalue weighted by molar-refractivity contribution is 7.85. The third-order valence-corrected chi connectivity index (χ3v) is 3.68. The van der Waals surface area contributed by atoms with Crippen molar-refractivity contribution in [2.24, 2.45) is 5.73 Å². The van der Waals surface area contributed by atoms with Gasteiger partial charge in [0.2, 0.25) is 0 Å². The predicted molar refractivity (Wildman–Crippen MR) is 64.0 cm³/mol. The summed E-state index contributed by atoms with van der Waals surface area (Å²) in [6, 6.07) is 7.57. The van der Waals surface area contributed by atoms with Crippen LogP contribution in [-0.2, 0) is 15.6 Å². The molecule has 0 unspecified atom stereocenters. The van der Waals surface area contributed by atoms with Crippen LogP contribution >= 0.6 is 0 Å². The molecule has 17 heavy (non-hydrogen) atoms. The molecule has 5 nitrogen and oxygen atoms in total. The summed E-state index contributed by atoms with van der Waals surface area (Å²) >= 11 is 0. The fourth-order valence-electron chi connectivity index (χ4n) is 1.31. The van der Waals surface area contributed by atoms with E-state index >= 15 is 0 Å². The van der Waals surface area contributed by atoms with Crippen molar-refractivity contribution >= 4 is 16.8 Å². The minimum absolute atomic E-state index is 0.00894. The summed E-state index contributed by atoms with van der Waals surface area (Å²) in [6.07, 6.45) is -1.09. The Hall–Kier alpha value is -1.24. The zero-order valence-electron chi connectivity index (χ0n) is 9.15. The molecule has 0 aliphatic rings. The summed E-state index contributed by atoms with van der Waals surface area (Å²) < 4.78 is 11.8. The van der Waals surface area contributed by atoms with Crippen molar-refractivity contribution < 1.29 is 19.2 Å². The van der Waals surface area contributed by atoms with Crippen molar-refractivity contribution in [2.75, 3.05) is 5.75 Å². The maximum absolute atomic E-state index is 11.8. The van der Waals surface area contributed by atoms with E-state index < -0.39 is 28.9 Å². The first-order chi connectivity index (χ1) is 8.00. The lowest BCUT2D eigenvalue weighted by molar-refractivity contribution is -0.139. The van der Waals surface area contributed by atoms with Crippen LogP contribution in [-0.4, -0.2) is 38.3 Å². The number of carboxylic acid groups (broad SMARTS) is 1. The third kappa shape index (κ3) is 4.64. The first-order valence-electron chi connectivity index (χ1n) is 5.10. The van der Waals surface area contributed by atoms with Crippen LogP contribution in [0.1, 0.15) is 6.42 Å². The highest BCUT2D eigenvalue weighted by Gasteiger charge is 2.19. The van der Waals surface area contributed by atoms with Gasteiger partial charge in [0.25, 0.3) is 0 Å². The lowest BCUT2D eigenvalue weighted by atomic mass is 10.1. The van der Waals surface area contributed by atoms with E-state index in [9.17, 15) is 14.1 Å². The van der Waals surface area contributed by atoms with Crippen molar-refractivity contribution in [3.05, 3.63) is 30.3 Å². The van der Waals surface area contributed by atoms with Crippen molar-refractivity contribution in [3.8, 4) is 0 Å². The van der Waals surface area contributed by atoms with Gasteiger partial charge in [0.1, 0.15) is 6.04 Å². The molecule has 0 radical (unpaired) electrons. The Bertz CT molecular complexity index is 396. The molecule has 0 aliphatic carbocycles. The van der Waals surface area contributed by atoms with Crippen LogP contribution in [0, 0.1) is 0 Å². The molecule has 0 bridgehead atoms. The number of aliphatic hydroxyl groups is 1. The van der Waals surface area contributed by atoms with E-state index in [-0.39, 0.29) is 12.2 Å². The number of carbonyl (C=O) groups is 1. The van der Waals surface area contributed by atoms with Crippen LogP contribution in [0.4, 0.5) is 0 Å². The second-order valence-corrected chi connectivity index (χ2v) is 5.16. The van der Waals surface area contributed by atoms with Gasteiger partial charge in [-0.2, -0.15) is 0 Å². The van der Waals surface area contributed by atoms with Gasteiger partial charge in [-0.3, -0.25) is 9.00 Å². The van der Waals surface area contributed by atoms with Crippen LogP contribution in [0.2, 0.25) is 0 Å². The highest BCUT2D eigenvalue weighted by Crippen LogP contribution is 2.08. The topological polar surface area (TPSA) is 101 Å². The summed E-state index contributed by atoms with van der Waals surface area (Å²) in [4.78, 5) is 11.1. The van der Waals surface area contributed by atoms with Crippen LogP contribution < -0.4 is 5.73 Å². The first-order valence-corrected chi connectivity index (χ1v) is 6.42. The summed E-state index contributed by atoms with van der Waals surface area (Å²) in [7, 11) is -1.34. The number of carboxylic acids is 1. The Morgan fingerprint density at radius 3 is 2.47 bits per heavy atom. The number of aliphatic hydroxyl groups excluding tert-OH is 1. The van der Waals surface area contributed by atoms with Gasteiger partial charge in [0, 0.05) is 11.3 Å². The Kier molecular flexibility index (Phi) is 5.27. The maximum Gasteiger partial charge on any atom is 0.320 e. The number of rotatable bonds is 6. The Balaban J connectivity index is 2.49. The summed E-state index contributed by atoms with van der Waals surface area (Å²) in [5, 5.41) is 18.1. The lowest BCUT2D eigenvalue weighted by Crippen LogP contribution is -2.35. The molecular formula is C11H15NO4S. The van der Waals surface area contributed by atoms with Crippen molar-refractivity contribution in [1.29, 1.82) is 0 Å².